The van der Waals surface area contributed by atoms with Gasteiger partial charge in [-0.1, -0.05) is 48.5 Å². The van der Waals surface area contributed by atoms with Crippen LogP contribution in [0, 0.1) is 0 Å². The number of carbonyl (C=O) groups is 5. The maximum atomic E-state index is 13.1. The summed E-state index contributed by atoms with van der Waals surface area (Å²) in [4.78, 5) is 93.8. The number of carbonyl (C=O) groups excluding carboxylic acids is 4. The van der Waals surface area contributed by atoms with E-state index in [9.17, 15) is 38.7 Å². The lowest BCUT2D eigenvalue weighted by Crippen LogP contribution is -2.31. The maximum absolute atomic E-state index is 13.1. The Morgan fingerprint density at radius 1 is 0.587 bits per heavy atom. The molecule has 0 aliphatic heterocycles. The van der Waals surface area contributed by atoms with Crippen LogP contribution in [0.25, 0.3) is 32.8 Å². The Kier molecular flexibility index (Phi) is 12.0. The van der Waals surface area contributed by atoms with Crippen LogP contribution in [0.15, 0.2) is 145 Å². The van der Waals surface area contributed by atoms with Crippen LogP contribution in [0.2, 0.25) is 0 Å². The van der Waals surface area contributed by atoms with Crippen molar-refractivity contribution in [2.24, 2.45) is 20.5 Å². The normalized spacial score (nSPS) is 11.7. The zero-order valence-corrected chi connectivity index (χ0v) is 33.1. The minimum atomic E-state index is -1.46. The second-order valence-electron chi connectivity index (χ2n) is 13.8. The summed E-state index contributed by atoms with van der Waals surface area (Å²) in [6, 6.07) is 29.5. The second-order valence-corrected chi connectivity index (χ2v) is 13.8. The summed E-state index contributed by atoms with van der Waals surface area (Å²) < 4.78 is 0. The number of rotatable bonds is 11. The first kappa shape index (κ1) is 42.0. The standard InChI is InChI=1S/C26H19N5O4.C18H15N5O5/c1-14(32)17-7-4-5-9-20(17)30-31-23-18-8-3-2-6-15(18)12-19(24(23)33)25(34)27-16-10-11-21-22(13-16)29-26(35)28-21;1-9(24)15(23-22-12-5-3-2-4-11(12)17(26)27)16(25)19-10-6-7-13-14(8-10)21-18(28)20-13/h2-13,33H,1H3,(H,27,34)(H2,28,29,35);2-8,15H,1H3,(H,19,25)(H,26,27)(H2,20,21,28). The van der Waals surface area contributed by atoms with E-state index < -0.39 is 29.6 Å². The Hall–Kier alpha value is -9.13. The van der Waals surface area contributed by atoms with E-state index in [1.54, 1.807) is 84.9 Å². The molecule has 8 aromatic rings. The number of hydrogen-bond acceptors (Lipinski definition) is 12. The molecule has 2 heterocycles. The number of hydrogen-bond donors (Lipinski definition) is 8. The quantitative estimate of drug-likeness (QED) is 0.0357. The molecule has 314 valence electrons. The van der Waals surface area contributed by atoms with E-state index in [2.05, 4.69) is 51.0 Å². The van der Waals surface area contributed by atoms with Gasteiger partial charge in [0.05, 0.1) is 44.6 Å². The van der Waals surface area contributed by atoms with Gasteiger partial charge in [0.2, 0.25) is 6.04 Å². The average molecular weight is 847 g/mol. The molecule has 1 atom stereocenters. The third-order valence-corrected chi connectivity index (χ3v) is 9.39. The lowest BCUT2D eigenvalue weighted by atomic mass is 10.0. The number of ketones is 2. The van der Waals surface area contributed by atoms with E-state index in [-0.39, 0.29) is 45.4 Å². The number of phenolic OH excluding ortho intramolecular Hbond substituents is 1. The molecule has 0 radical (unpaired) electrons. The van der Waals surface area contributed by atoms with Crippen molar-refractivity contribution >= 4 is 90.6 Å². The number of fused-ring (bicyclic) bond motifs is 3. The molecule has 1 unspecified atom stereocenters. The summed E-state index contributed by atoms with van der Waals surface area (Å²) in [5.41, 5.74) is 3.03. The Labute approximate surface area is 353 Å². The summed E-state index contributed by atoms with van der Waals surface area (Å²) in [6.07, 6.45) is 0. The third-order valence-electron chi connectivity index (χ3n) is 9.39. The van der Waals surface area contributed by atoms with Crippen LogP contribution in [0.5, 0.6) is 5.75 Å². The van der Waals surface area contributed by atoms with E-state index in [4.69, 9.17) is 5.11 Å². The second kappa shape index (κ2) is 18.0. The zero-order valence-electron chi connectivity index (χ0n) is 33.1. The number of phenols is 1. The number of aromatic amines is 4. The van der Waals surface area contributed by atoms with E-state index in [0.717, 1.165) is 0 Å². The molecule has 0 fully saturated rings. The van der Waals surface area contributed by atoms with E-state index >= 15 is 0 Å². The summed E-state index contributed by atoms with van der Waals surface area (Å²) in [5.74, 6) is -3.58. The van der Waals surface area contributed by atoms with Gasteiger partial charge in [0.1, 0.15) is 5.69 Å². The molecule has 19 nitrogen and oxygen atoms in total. The number of aromatic nitrogens is 4. The van der Waals surface area contributed by atoms with E-state index in [1.165, 1.54) is 38.1 Å². The Morgan fingerprint density at radius 2 is 1.13 bits per heavy atom. The molecule has 6 aromatic carbocycles. The highest BCUT2D eigenvalue weighted by Crippen LogP contribution is 2.40. The highest BCUT2D eigenvalue weighted by molar-refractivity contribution is 6.12. The van der Waals surface area contributed by atoms with Crippen molar-refractivity contribution in [3.8, 4) is 5.75 Å². The topological polar surface area (TPSA) is 297 Å². The third kappa shape index (κ3) is 9.52. The molecule has 0 aliphatic carbocycles. The number of carboxylic acids is 1. The number of azo groups is 2. The first-order valence-corrected chi connectivity index (χ1v) is 18.8. The summed E-state index contributed by atoms with van der Waals surface area (Å²) in [5, 5.41) is 42.7. The number of H-pyrrole nitrogens is 4. The van der Waals surface area contributed by atoms with Gasteiger partial charge in [0, 0.05) is 22.3 Å². The first-order valence-electron chi connectivity index (χ1n) is 18.8. The molecule has 0 spiro atoms. The Morgan fingerprint density at radius 3 is 1.73 bits per heavy atom. The highest BCUT2D eigenvalue weighted by Gasteiger charge is 2.24. The van der Waals surface area contributed by atoms with Gasteiger partial charge in [0.25, 0.3) is 11.8 Å². The van der Waals surface area contributed by atoms with E-state index in [0.29, 0.717) is 55.5 Å². The molecule has 0 bridgehead atoms. The van der Waals surface area contributed by atoms with Crippen LogP contribution in [0.4, 0.5) is 28.4 Å². The molecule has 2 amide bonds. The smallest absolute Gasteiger partial charge is 0.337 e. The molecule has 2 aromatic heterocycles. The Bertz CT molecular complexity index is 3310. The number of amides is 2. The lowest BCUT2D eigenvalue weighted by molar-refractivity contribution is -0.126. The molecule has 8 N–H and O–H groups in total. The van der Waals surface area contributed by atoms with Crippen LogP contribution in [-0.4, -0.2) is 65.5 Å². The van der Waals surface area contributed by atoms with Crippen molar-refractivity contribution in [3.05, 3.63) is 153 Å². The fourth-order valence-corrected chi connectivity index (χ4v) is 6.36. The van der Waals surface area contributed by atoms with Crippen molar-refractivity contribution in [1.29, 1.82) is 0 Å². The number of anilines is 2. The molecular weight excluding hydrogens is 813 g/mol. The van der Waals surface area contributed by atoms with Gasteiger partial charge in [-0.2, -0.15) is 10.2 Å². The highest BCUT2D eigenvalue weighted by atomic mass is 16.4. The van der Waals surface area contributed by atoms with Gasteiger partial charge >= 0.3 is 17.3 Å². The lowest BCUT2D eigenvalue weighted by Gasteiger charge is -2.11. The van der Waals surface area contributed by atoms with Gasteiger partial charge in [-0.3, -0.25) is 19.2 Å². The number of aromatic hydroxyl groups is 1. The van der Waals surface area contributed by atoms with Crippen LogP contribution in [0.3, 0.4) is 0 Å². The van der Waals surface area contributed by atoms with Crippen molar-refractivity contribution in [3.63, 3.8) is 0 Å². The van der Waals surface area contributed by atoms with Gasteiger partial charge in [-0.25, -0.2) is 14.4 Å². The van der Waals surface area contributed by atoms with Gasteiger partial charge in [0.15, 0.2) is 17.3 Å². The minimum Gasteiger partial charge on any atom is -0.505 e. The summed E-state index contributed by atoms with van der Waals surface area (Å²) in [7, 11) is 0. The van der Waals surface area contributed by atoms with Crippen molar-refractivity contribution < 1.29 is 34.2 Å². The largest absolute Gasteiger partial charge is 0.505 e. The number of nitrogens with zero attached hydrogens (tertiary/aromatic N) is 4. The summed E-state index contributed by atoms with van der Waals surface area (Å²) in [6.45, 7) is 2.62. The number of carboxylic acid groups (broad SMARTS) is 1. The predicted molar refractivity (Wildman–Crippen MR) is 233 cm³/mol. The van der Waals surface area contributed by atoms with Crippen molar-refractivity contribution in [2.45, 2.75) is 19.9 Å². The number of Topliss-reactive ketones (excluding diaryl/α,β-unsaturated/α-hetero) is 2. The predicted octanol–water partition coefficient (Wildman–Crippen LogP) is 7.82. The number of aromatic carboxylic acids is 1. The average Bonchev–Trinajstić information content (AvgIpc) is 3.83. The number of benzene rings is 6. The van der Waals surface area contributed by atoms with Gasteiger partial charge < -0.3 is 40.8 Å². The first-order chi connectivity index (χ1) is 30.2. The molecule has 0 aliphatic rings. The van der Waals surface area contributed by atoms with E-state index in [1.807, 2.05) is 6.07 Å². The van der Waals surface area contributed by atoms with Crippen molar-refractivity contribution in [2.75, 3.05) is 10.6 Å². The van der Waals surface area contributed by atoms with Crippen LogP contribution < -0.4 is 22.0 Å². The molecule has 63 heavy (non-hydrogen) atoms. The molecule has 0 saturated carbocycles. The summed E-state index contributed by atoms with van der Waals surface area (Å²) >= 11 is 0. The van der Waals surface area contributed by atoms with Crippen LogP contribution in [-0.2, 0) is 9.59 Å². The number of imidazole rings is 2. The van der Waals surface area contributed by atoms with Crippen LogP contribution >= 0.6 is 0 Å². The fourth-order valence-electron chi connectivity index (χ4n) is 6.36. The SMILES string of the molecule is CC(=O)C(N=Nc1ccccc1C(=O)O)C(=O)Nc1ccc2[nH]c(=O)[nH]c2c1.CC(=O)c1ccccc1N=Nc1c(O)c(C(=O)Nc2ccc3[nH]c(=O)[nH]c3c2)cc2ccccc12. The zero-order chi connectivity index (χ0) is 44.8. The minimum absolute atomic E-state index is 0.000150. The van der Waals surface area contributed by atoms with Gasteiger partial charge in [-0.05, 0) is 86.0 Å². The molecule has 0 saturated heterocycles. The molecule has 8 rings (SSSR count). The Balaban J connectivity index is 0.000000194. The van der Waals surface area contributed by atoms with Crippen molar-refractivity contribution in [1.82, 2.24) is 19.9 Å². The maximum Gasteiger partial charge on any atom is 0.337 e. The van der Waals surface area contributed by atoms with Gasteiger partial charge in [-0.15, -0.1) is 10.2 Å². The number of nitrogens with one attached hydrogen (secondary N) is 6. The monoisotopic (exact) mass is 846 g/mol. The van der Waals surface area contributed by atoms with Crippen LogP contribution in [0.1, 0.15) is 44.9 Å². The molecular formula is C44H34N10O9. The molecule has 19 heteroatoms. The fraction of sp³-hybridized carbons (Fsp3) is 0.0682.